The first-order chi connectivity index (χ1) is 23.4. The highest BCUT2D eigenvalue weighted by atomic mass is 17.0. The van der Waals surface area contributed by atoms with Gasteiger partial charge in [-0.1, -0.05) is 97.8 Å². The summed E-state index contributed by atoms with van der Waals surface area (Å²) in [6, 6.07) is 0. The zero-order valence-corrected chi connectivity index (χ0v) is 31.3. The molecular weight excluding hydrogens is 638 g/mol. The van der Waals surface area contributed by atoms with Gasteiger partial charge in [-0.05, 0) is 45.3 Å². The summed E-state index contributed by atoms with van der Waals surface area (Å²) in [6.07, 6.45) is 11.7. The van der Waals surface area contributed by atoms with Crippen LogP contribution in [0.2, 0.25) is 0 Å². The number of hydroxylamine groups is 2. The van der Waals surface area contributed by atoms with Gasteiger partial charge in [0.25, 0.3) is 0 Å². The summed E-state index contributed by atoms with van der Waals surface area (Å²) < 4.78 is 26.8. The quantitative estimate of drug-likeness (QED) is 0.0249. The van der Waals surface area contributed by atoms with Crippen LogP contribution in [0.3, 0.4) is 0 Å². The van der Waals surface area contributed by atoms with E-state index in [1.165, 1.54) is 0 Å². The molecule has 1 amide bonds. The smallest absolute Gasteiger partial charge is 0.460 e. The minimum atomic E-state index is -1.15. The van der Waals surface area contributed by atoms with Crippen LogP contribution in [-0.2, 0) is 47.7 Å². The van der Waals surface area contributed by atoms with Crippen LogP contribution in [0.1, 0.15) is 157 Å². The van der Waals surface area contributed by atoms with Gasteiger partial charge in [-0.15, -0.1) is 0 Å². The Morgan fingerprint density at radius 2 is 0.898 bits per heavy atom. The van der Waals surface area contributed by atoms with Crippen LogP contribution in [0.5, 0.6) is 0 Å². The third kappa shape index (κ3) is 29.0. The Bertz CT molecular complexity index is 833. The molecule has 49 heavy (non-hydrogen) atoms. The zero-order chi connectivity index (χ0) is 36.8. The van der Waals surface area contributed by atoms with Crippen molar-refractivity contribution in [3.8, 4) is 0 Å². The number of hydrogen-bond donors (Lipinski definition) is 1. The van der Waals surface area contributed by atoms with E-state index >= 15 is 0 Å². The summed E-state index contributed by atoms with van der Waals surface area (Å²) in [6.45, 7) is 9.38. The molecule has 13 heteroatoms. The highest BCUT2D eigenvalue weighted by Gasteiger charge is 2.31. The second-order valence-corrected chi connectivity index (χ2v) is 13.2. The largest absolute Gasteiger partial charge is 0.463 e. The highest BCUT2D eigenvalue weighted by Crippen LogP contribution is 2.16. The molecule has 0 aromatic carbocycles. The van der Waals surface area contributed by atoms with Crippen molar-refractivity contribution in [1.29, 1.82) is 0 Å². The summed E-state index contributed by atoms with van der Waals surface area (Å²) in [5.74, 6) is -1.35. The molecule has 0 fully saturated rings. The van der Waals surface area contributed by atoms with Gasteiger partial charge >= 0.3 is 24.0 Å². The van der Waals surface area contributed by atoms with Crippen molar-refractivity contribution in [2.75, 3.05) is 33.2 Å². The van der Waals surface area contributed by atoms with E-state index in [1.54, 1.807) is 20.8 Å². The van der Waals surface area contributed by atoms with Gasteiger partial charge in [-0.3, -0.25) is 14.4 Å². The SMILES string of the molecule is CCCCCCCC(=O)OCC(COCO)ON(OC(COC(=O)CCCCCCC)COC(=O)CCCCCCC)C(=O)OC(C)(C)C. The Balaban J connectivity index is 5.68. The molecule has 1 atom stereocenters. The maximum atomic E-state index is 13.2. The molecule has 0 saturated carbocycles. The van der Waals surface area contributed by atoms with Crippen LogP contribution in [-0.4, -0.2) is 85.4 Å². The molecule has 0 rings (SSSR count). The molecule has 1 N–H and O–H groups in total. The van der Waals surface area contributed by atoms with Crippen molar-refractivity contribution in [2.45, 2.75) is 175 Å². The fourth-order valence-corrected chi connectivity index (χ4v) is 4.48. The average molecular weight is 706 g/mol. The first-order valence-electron chi connectivity index (χ1n) is 18.5. The zero-order valence-electron chi connectivity index (χ0n) is 31.3. The van der Waals surface area contributed by atoms with Crippen molar-refractivity contribution < 1.29 is 57.6 Å². The number of esters is 3. The summed E-state index contributed by atoms with van der Waals surface area (Å²) in [5, 5.41) is 9.71. The molecule has 0 spiro atoms. The number of hydrogen-bond acceptors (Lipinski definition) is 12. The molecule has 0 radical (unpaired) electrons. The average Bonchev–Trinajstić information content (AvgIpc) is 3.05. The maximum Gasteiger partial charge on any atom is 0.460 e. The van der Waals surface area contributed by atoms with Crippen LogP contribution >= 0.6 is 0 Å². The van der Waals surface area contributed by atoms with Gasteiger partial charge in [0, 0.05) is 19.3 Å². The summed E-state index contributed by atoms with van der Waals surface area (Å²) in [7, 11) is 0. The predicted octanol–water partition coefficient (Wildman–Crippen LogP) is 7.50. The number of aliphatic hydroxyl groups is 1. The fraction of sp³-hybridized carbons (Fsp3) is 0.889. The lowest BCUT2D eigenvalue weighted by atomic mass is 10.1. The van der Waals surface area contributed by atoms with Crippen molar-refractivity contribution in [2.24, 2.45) is 0 Å². The lowest BCUT2D eigenvalue weighted by Gasteiger charge is -2.30. The molecule has 0 aliphatic carbocycles. The third-order valence-electron chi connectivity index (χ3n) is 7.17. The molecule has 0 heterocycles. The van der Waals surface area contributed by atoms with E-state index in [-0.39, 0.29) is 45.7 Å². The van der Waals surface area contributed by atoms with Crippen molar-refractivity contribution in [1.82, 2.24) is 5.23 Å². The van der Waals surface area contributed by atoms with Gasteiger partial charge in [0.05, 0.1) is 6.61 Å². The van der Waals surface area contributed by atoms with E-state index in [0.29, 0.717) is 24.5 Å². The summed E-state index contributed by atoms with van der Waals surface area (Å²) in [4.78, 5) is 62.2. The number of ether oxygens (including phenoxy) is 5. The monoisotopic (exact) mass is 705 g/mol. The molecule has 0 bridgehead atoms. The van der Waals surface area contributed by atoms with Gasteiger partial charge in [-0.2, -0.15) is 0 Å². The lowest BCUT2D eigenvalue weighted by molar-refractivity contribution is -0.384. The lowest BCUT2D eigenvalue weighted by Crippen LogP contribution is -2.45. The minimum absolute atomic E-state index is 0.213. The van der Waals surface area contributed by atoms with E-state index in [9.17, 15) is 24.3 Å². The number of rotatable bonds is 31. The first-order valence-corrected chi connectivity index (χ1v) is 18.5. The second-order valence-electron chi connectivity index (χ2n) is 13.2. The number of carbonyl (C=O) groups excluding carboxylic acids is 4. The normalized spacial score (nSPS) is 12.1. The van der Waals surface area contributed by atoms with Gasteiger partial charge in [0.2, 0.25) is 0 Å². The Hall–Kier alpha value is -2.48. The first kappa shape index (κ1) is 46.5. The van der Waals surface area contributed by atoms with E-state index in [0.717, 1.165) is 77.0 Å². The Morgan fingerprint density at radius 3 is 1.22 bits per heavy atom. The van der Waals surface area contributed by atoms with E-state index in [1.807, 2.05) is 0 Å². The third-order valence-corrected chi connectivity index (χ3v) is 7.17. The summed E-state index contributed by atoms with van der Waals surface area (Å²) >= 11 is 0. The minimum Gasteiger partial charge on any atom is -0.463 e. The van der Waals surface area contributed by atoms with E-state index < -0.39 is 48.6 Å². The molecule has 0 aliphatic rings. The van der Waals surface area contributed by atoms with Crippen LogP contribution in [0, 0.1) is 0 Å². The molecule has 1 unspecified atom stereocenters. The number of amides is 1. The van der Waals surface area contributed by atoms with Crippen molar-refractivity contribution in [3.63, 3.8) is 0 Å². The second kappa shape index (κ2) is 30.4. The topological polar surface area (TPSA) is 156 Å². The van der Waals surface area contributed by atoms with Crippen LogP contribution in [0.4, 0.5) is 4.79 Å². The van der Waals surface area contributed by atoms with Crippen LogP contribution in [0.15, 0.2) is 0 Å². The van der Waals surface area contributed by atoms with Gasteiger partial charge in [-0.25, -0.2) is 14.5 Å². The van der Waals surface area contributed by atoms with Crippen LogP contribution < -0.4 is 0 Å². The van der Waals surface area contributed by atoms with E-state index in [4.69, 9.17) is 33.4 Å². The molecule has 0 aliphatic heterocycles. The van der Waals surface area contributed by atoms with Crippen LogP contribution in [0.25, 0.3) is 0 Å². The molecule has 13 nitrogen and oxygen atoms in total. The number of carbonyl (C=O) groups is 4. The molecule has 0 aromatic heterocycles. The van der Waals surface area contributed by atoms with E-state index in [2.05, 4.69) is 20.8 Å². The number of nitrogens with zero attached hydrogens (tertiary/aromatic N) is 1. The number of unbranched alkanes of at least 4 members (excludes halogenated alkanes) is 12. The van der Waals surface area contributed by atoms with Crippen molar-refractivity contribution in [3.05, 3.63) is 0 Å². The van der Waals surface area contributed by atoms with Gasteiger partial charge < -0.3 is 28.8 Å². The Kier molecular flexibility index (Phi) is 28.8. The molecule has 0 saturated heterocycles. The molecular formula is C36H67NO12. The van der Waals surface area contributed by atoms with Gasteiger partial charge in [0.1, 0.15) is 38.3 Å². The molecule has 288 valence electrons. The predicted molar refractivity (Wildman–Crippen MR) is 184 cm³/mol. The summed E-state index contributed by atoms with van der Waals surface area (Å²) in [5.41, 5.74) is -0.951. The standard InChI is InChI=1S/C36H67NO12/c1-7-10-13-16-19-22-32(39)44-26-30(25-43-29-38)48-37(35(42)47-36(4,5)6)49-31(27-45-33(40)23-20-17-14-11-8-2)28-46-34(41)24-21-18-15-12-9-3/h30-31,38H,7-29H2,1-6H3. The Morgan fingerprint density at radius 1 is 0.551 bits per heavy atom. The van der Waals surface area contributed by atoms with Gasteiger partial charge in [0.15, 0.2) is 6.10 Å². The number of aliphatic hydroxyl groups excluding tert-OH is 1. The van der Waals surface area contributed by atoms with Crippen molar-refractivity contribution >= 4 is 24.0 Å². The molecule has 0 aromatic rings. The fourth-order valence-electron chi connectivity index (χ4n) is 4.48. The highest BCUT2D eigenvalue weighted by molar-refractivity contribution is 5.70. The Labute approximate surface area is 294 Å². The maximum absolute atomic E-state index is 13.2.